The van der Waals surface area contributed by atoms with Gasteiger partial charge in [-0.15, -0.1) is 0 Å². The van der Waals surface area contributed by atoms with Crippen LogP contribution in [-0.2, 0) is 18.4 Å². The molecule has 8 nitrogen and oxygen atoms in total. The van der Waals surface area contributed by atoms with Gasteiger partial charge in [0.2, 0.25) is 5.91 Å². The Kier molecular flexibility index (Phi) is 50.6. The van der Waals surface area contributed by atoms with Crippen molar-refractivity contribution < 1.29 is 32.9 Å². The normalized spacial score (nSPS) is 13.9. The van der Waals surface area contributed by atoms with Crippen molar-refractivity contribution in [2.24, 2.45) is 0 Å². The molecule has 0 heterocycles. The predicted octanol–water partition coefficient (Wildman–Crippen LogP) is 17.6. The van der Waals surface area contributed by atoms with Crippen LogP contribution in [0.5, 0.6) is 0 Å². The van der Waals surface area contributed by atoms with Gasteiger partial charge in [0, 0.05) is 6.42 Å². The number of aliphatic hydroxyl groups excluding tert-OH is 1. The summed E-state index contributed by atoms with van der Waals surface area (Å²) in [7, 11) is 1.28. The zero-order valence-corrected chi connectivity index (χ0v) is 47.2. The summed E-state index contributed by atoms with van der Waals surface area (Å²) in [5, 5.41) is 13.9. The number of allylic oxidation sites excluding steroid dienone is 1. The lowest BCUT2D eigenvalue weighted by atomic mass is 10.0. The molecule has 0 rings (SSSR count). The molecular formula is C59H119N2O6P. The van der Waals surface area contributed by atoms with E-state index in [1.165, 1.54) is 250 Å². The van der Waals surface area contributed by atoms with E-state index >= 15 is 0 Å². The van der Waals surface area contributed by atoms with Crippen molar-refractivity contribution >= 4 is 13.7 Å². The average molecular weight is 984 g/mol. The number of hydrogen-bond donors (Lipinski definition) is 2. The first kappa shape index (κ1) is 67.2. The zero-order valence-electron chi connectivity index (χ0n) is 46.3. The third-order valence-electron chi connectivity index (χ3n) is 14.0. The highest BCUT2D eigenvalue weighted by Gasteiger charge is 2.23. The van der Waals surface area contributed by atoms with Crippen molar-refractivity contribution in [2.45, 2.75) is 321 Å². The van der Waals surface area contributed by atoms with Crippen molar-refractivity contribution in [2.75, 3.05) is 40.9 Å². The van der Waals surface area contributed by atoms with E-state index in [9.17, 15) is 19.4 Å². The fraction of sp³-hybridized carbons (Fsp3) is 0.949. The van der Waals surface area contributed by atoms with Gasteiger partial charge in [0.1, 0.15) is 13.2 Å². The largest absolute Gasteiger partial charge is 0.756 e. The SMILES string of the molecule is CCCCCCCCCCCCCCC/C=C/C(O)C(COP(=O)([O-])OCC[N+](C)(C)C)NC(=O)CCCCCCCCCCCCCCCCCCCCCCCCCCCCCCCCC. The monoisotopic (exact) mass is 983 g/mol. The molecule has 68 heavy (non-hydrogen) atoms. The minimum atomic E-state index is -4.59. The molecule has 0 aromatic heterocycles. The third kappa shape index (κ3) is 53.0. The van der Waals surface area contributed by atoms with Gasteiger partial charge in [-0.3, -0.25) is 9.36 Å². The van der Waals surface area contributed by atoms with Crippen LogP contribution in [0.3, 0.4) is 0 Å². The Morgan fingerprint density at radius 1 is 0.500 bits per heavy atom. The molecule has 0 aromatic carbocycles. The van der Waals surface area contributed by atoms with Crippen molar-refractivity contribution in [1.29, 1.82) is 0 Å². The van der Waals surface area contributed by atoms with Gasteiger partial charge in [0.05, 0.1) is 39.9 Å². The third-order valence-corrected chi connectivity index (χ3v) is 15.0. The molecule has 0 saturated carbocycles. The van der Waals surface area contributed by atoms with Crippen LogP contribution in [0.25, 0.3) is 0 Å². The molecule has 3 unspecified atom stereocenters. The quantitative estimate of drug-likeness (QED) is 0.0272. The molecule has 1 amide bonds. The number of likely N-dealkylation sites (N-methyl/N-ethyl adjacent to an activating group) is 1. The van der Waals surface area contributed by atoms with Crippen LogP contribution >= 0.6 is 7.82 Å². The van der Waals surface area contributed by atoms with Gasteiger partial charge >= 0.3 is 0 Å². The molecule has 0 aromatic rings. The summed E-state index contributed by atoms with van der Waals surface area (Å²) >= 11 is 0. The second kappa shape index (κ2) is 51.2. The maximum atomic E-state index is 13.0. The van der Waals surface area contributed by atoms with Gasteiger partial charge in [-0.2, -0.15) is 0 Å². The highest BCUT2D eigenvalue weighted by molar-refractivity contribution is 7.45. The molecule has 0 bridgehead atoms. The average Bonchev–Trinajstić information content (AvgIpc) is 3.30. The van der Waals surface area contributed by atoms with E-state index < -0.39 is 20.0 Å². The van der Waals surface area contributed by atoms with E-state index in [4.69, 9.17) is 9.05 Å². The van der Waals surface area contributed by atoms with Crippen LogP contribution in [0.15, 0.2) is 12.2 Å². The number of hydrogen-bond acceptors (Lipinski definition) is 6. The topological polar surface area (TPSA) is 108 Å². The number of carbonyl (C=O) groups is 1. The summed E-state index contributed by atoms with van der Waals surface area (Å²) in [6.45, 7) is 4.69. The molecule has 0 radical (unpaired) electrons. The summed E-state index contributed by atoms with van der Waals surface area (Å²) in [4.78, 5) is 25.5. The van der Waals surface area contributed by atoms with Crippen molar-refractivity contribution in [3.63, 3.8) is 0 Å². The van der Waals surface area contributed by atoms with Crippen molar-refractivity contribution in [3.8, 4) is 0 Å². The Hall–Kier alpha value is -0.760. The Morgan fingerprint density at radius 2 is 0.794 bits per heavy atom. The standard InChI is InChI=1S/C59H119N2O6P/c1-6-8-10-12-14-16-18-20-22-23-24-25-26-27-28-29-30-31-32-33-34-35-36-37-39-41-43-45-47-49-51-53-59(63)60-57(56-67-68(64,65)66-55-54-61(3,4)5)58(62)52-50-48-46-44-42-40-38-21-19-17-15-13-11-9-7-2/h50,52,57-58,62H,6-49,51,53-56H2,1-5H3,(H-,60,63,64,65)/b52-50+. The Balaban J connectivity index is 4.01. The maximum absolute atomic E-state index is 13.0. The number of aliphatic hydroxyl groups is 1. The lowest BCUT2D eigenvalue weighted by Gasteiger charge is -2.29. The van der Waals surface area contributed by atoms with Crippen LogP contribution in [-0.4, -0.2) is 68.5 Å². The van der Waals surface area contributed by atoms with Crippen LogP contribution in [0, 0.1) is 0 Å². The Morgan fingerprint density at radius 3 is 1.10 bits per heavy atom. The maximum Gasteiger partial charge on any atom is 0.268 e. The van der Waals surface area contributed by atoms with Gasteiger partial charge in [-0.1, -0.05) is 296 Å². The fourth-order valence-corrected chi connectivity index (χ4v) is 10.00. The molecule has 406 valence electrons. The van der Waals surface area contributed by atoms with Crippen LogP contribution in [0.1, 0.15) is 309 Å². The van der Waals surface area contributed by atoms with Gasteiger partial charge in [-0.05, 0) is 19.3 Å². The fourth-order valence-electron chi connectivity index (χ4n) is 9.27. The zero-order chi connectivity index (χ0) is 49.9. The van der Waals surface area contributed by atoms with Crippen molar-refractivity contribution in [1.82, 2.24) is 5.32 Å². The molecule has 2 N–H and O–H groups in total. The minimum absolute atomic E-state index is 0.00256. The smallest absolute Gasteiger partial charge is 0.268 e. The molecule has 0 aliphatic heterocycles. The number of rotatable bonds is 56. The number of carbonyl (C=O) groups excluding carboxylic acids is 1. The lowest BCUT2D eigenvalue weighted by molar-refractivity contribution is -0.870. The number of unbranched alkanes of at least 4 members (excludes halogenated alkanes) is 43. The Bertz CT molecular complexity index is 1120. The van der Waals surface area contributed by atoms with E-state index in [1.54, 1.807) is 6.08 Å². The second-order valence-electron chi connectivity index (χ2n) is 22.1. The van der Waals surface area contributed by atoms with E-state index in [1.807, 2.05) is 27.2 Å². The van der Waals surface area contributed by atoms with Crippen LogP contribution in [0.4, 0.5) is 0 Å². The predicted molar refractivity (Wildman–Crippen MR) is 293 cm³/mol. The lowest BCUT2D eigenvalue weighted by Crippen LogP contribution is -2.45. The van der Waals surface area contributed by atoms with Gasteiger partial charge in [0.25, 0.3) is 7.82 Å². The van der Waals surface area contributed by atoms with Gasteiger partial charge < -0.3 is 28.8 Å². The minimum Gasteiger partial charge on any atom is -0.756 e. The number of nitrogens with one attached hydrogen (secondary N) is 1. The van der Waals surface area contributed by atoms with Crippen LogP contribution < -0.4 is 10.2 Å². The first-order valence-electron chi connectivity index (χ1n) is 30.1. The molecule has 3 atom stereocenters. The summed E-state index contributed by atoms with van der Waals surface area (Å²) in [5.74, 6) is -0.190. The summed E-state index contributed by atoms with van der Waals surface area (Å²) in [5.41, 5.74) is 0. The summed E-state index contributed by atoms with van der Waals surface area (Å²) in [6, 6.07) is -0.881. The highest BCUT2D eigenvalue weighted by atomic mass is 31.2. The van der Waals surface area contributed by atoms with Gasteiger partial charge in [0.15, 0.2) is 0 Å². The highest BCUT2D eigenvalue weighted by Crippen LogP contribution is 2.38. The van der Waals surface area contributed by atoms with Crippen LogP contribution in [0.2, 0.25) is 0 Å². The number of phosphoric acid groups is 1. The molecule has 0 aliphatic carbocycles. The van der Waals surface area contributed by atoms with E-state index in [2.05, 4.69) is 19.2 Å². The van der Waals surface area contributed by atoms with Gasteiger partial charge in [-0.25, -0.2) is 0 Å². The molecular weight excluding hydrogens is 864 g/mol. The molecule has 0 spiro atoms. The molecule has 9 heteroatoms. The van der Waals surface area contributed by atoms with E-state index in [-0.39, 0.29) is 19.1 Å². The Labute approximate surface area is 424 Å². The number of amides is 1. The van der Waals surface area contributed by atoms with E-state index in [0.717, 1.165) is 38.5 Å². The molecule has 0 aliphatic rings. The molecule has 0 saturated heterocycles. The summed E-state index contributed by atoms with van der Waals surface area (Å²) < 4.78 is 23.3. The number of nitrogens with zero attached hydrogens (tertiary/aromatic N) is 1. The van der Waals surface area contributed by atoms with Crippen molar-refractivity contribution in [3.05, 3.63) is 12.2 Å². The number of quaternary nitrogens is 1. The first-order chi connectivity index (χ1) is 33.0. The number of phosphoric ester groups is 1. The molecule has 0 fully saturated rings. The first-order valence-corrected chi connectivity index (χ1v) is 31.5. The van der Waals surface area contributed by atoms with E-state index in [0.29, 0.717) is 17.4 Å². The second-order valence-corrected chi connectivity index (χ2v) is 23.5. The summed E-state index contributed by atoms with van der Waals surface area (Å²) in [6.07, 6.45) is 63.1.